The lowest BCUT2D eigenvalue weighted by atomic mass is 10.1. The fourth-order valence-electron chi connectivity index (χ4n) is 2.17. The van der Waals surface area contributed by atoms with Crippen LogP contribution in [0.5, 0.6) is 0 Å². The molecule has 118 valence electrons. The predicted molar refractivity (Wildman–Crippen MR) is 85.3 cm³/mol. The van der Waals surface area contributed by atoms with Crippen molar-refractivity contribution in [3.63, 3.8) is 0 Å². The number of rotatable bonds is 6. The number of carbonyl (C=O) groups excluding carboxylic acids is 1. The Bertz CT molecular complexity index is 797. The Balaban J connectivity index is 1.97. The van der Waals surface area contributed by atoms with Crippen molar-refractivity contribution < 1.29 is 13.6 Å². The van der Waals surface area contributed by atoms with Crippen molar-refractivity contribution >= 4 is 17.7 Å². The van der Waals surface area contributed by atoms with Crippen LogP contribution in [0.4, 0.5) is 4.39 Å². The van der Waals surface area contributed by atoms with E-state index in [1.165, 1.54) is 23.9 Å². The molecule has 0 radical (unpaired) electrons. The number of amides is 1. The molecule has 0 saturated heterocycles. The number of imidazole rings is 1. The molecule has 0 aliphatic heterocycles. The van der Waals surface area contributed by atoms with E-state index < -0.39 is 5.91 Å². The zero-order chi connectivity index (χ0) is 16.2. The summed E-state index contributed by atoms with van der Waals surface area (Å²) in [6.07, 6.45) is 3.29. The topological polar surface area (TPSA) is 74.1 Å². The van der Waals surface area contributed by atoms with E-state index in [0.29, 0.717) is 11.7 Å². The number of hydrogen-bond acceptors (Lipinski definition) is 4. The van der Waals surface area contributed by atoms with Gasteiger partial charge >= 0.3 is 0 Å². The summed E-state index contributed by atoms with van der Waals surface area (Å²) in [5.74, 6) is 0.185. The molecule has 0 unspecified atom stereocenters. The fraction of sp³-hybridized carbons (Fsp3) is 0.125. The predicted octanol–water partition coefficient (Wildman–Crippen LogP) is 2.91. The average molecular weight is 331 g/mol. The number of primary amides is 1. The summed E-state index contributed by atoms with van der Waals surface area (Å²) >= 11 is 1.26. The zero-order valence-electron chi connectivity index (χ0n) is 12.1. The van der Waals surface area contributed by atoms with Gasteiger partial charge in [0.25, 0.3) is 0 Å². The molecule has 3 rings (SSSR count). The molecule has 23 heavy (non-hydrogen) atoms. The minimum absolute atomic E-state index is 0.137. The highest BCUT2D eigenvalue weighted by molar-refractivity contribution is 7.99. The molecule has 0 spiro atoms. The Morgan fingerprint density at radius 3 is 2.74 bits per heavy atom. The summed E-state index contributed by atoms with van der Waals surface area (Å²) in [5.41, 5.74) is 6.85. The standard InChI is InChI=1S/C16H14FN3O2S/c17-12-5-3-11(4-6-12)14-8-19-16(23-10-15(18)21)20(14)9-13-2-1-7-22-13/h1-8H,9-10H2,(H2,18,21). The molecule has 0 aliphatic rings. The lowest BCUT2D eigenvalue weighted by Crippen LogP contribution is -2.14. The van der Waals surface area contributed by atoms with Crippen molar-refractivity contribution in [3.8, 4) is 11.3 Å². The molecule has 0 fully saturated rings. The van der Waals surface area contributed by atoms with E-state index in [1.54, 1.807) is 30.7 Å². The van der Waals surface area contributed by atoms with Crippen LogP contribution in [0.2, 0.25) is 0 Å². The van der Waals surface area contributed by atoms with Gasteiger partial charge in [0.1, 0.15) is 11.6 Å². The Hall–Kier alpha value is -2.54. The lowest BCUT2D eigenvalue weighted by molar-refractivity contribution is -0.115. The molecular formula is C16H14FN3O2S. The van der Waals surface area contributed by atoms with Crippen LogP contribution in [0.1, 0.15) is 5.76 Å². The van der Waals surface area contributed by atoms with Gasteiger partial charge in [0.15, 0.2) is 5.16 Å². The molecule has 0 aliphatic carbocycles. The van der Waals surface area contributed by atoms with Gasteiger partial charge in [-0.1, -0.05) is 11.8 Å². The van der Waals surface area contributed by atoms with E-state index in [9.17, 15) is 9.18 Å². The third kappa shape index (κ3) is 3.62. The maximum absolute atomic E-state index is 13.1. The largest absolute Gasteiger partial charge is 0.467 e. The summed E-state index contributed by atoms with van der Waals surface area (Å²) in [7, 11) is 0. The first-order valence-electron chi connectivity index (χ1n) is 6.88. The number of aromatic nitrogens is 2. The van der Waals surface area contributed by atoms with Crippen LogP contribution in [0.15, 0.2) is 58.4 Å². The Morgan fingerprint density at radius 1 is 1.30 bits per heavy atom. The third-order valence-corrected chi connectivity index (χ3v) is 4.21. The quantitative estimate of drug-likeness (QED) is 0.705. The van der Waals surface area contributed by atoms with Crippen molar-refractivity contribution in [1.29, 1.82) is 0 Å². The van der Waals surface area contributed by atoms with Crippen molar-refractivity contribution in [2.75, 3.05) is 5.75 Å². The molecular weight excluding hydrogens is 317 g/mol. The molecule has 5 nitrogen and oxygen atoms in total. The van der Waals surface area contributed by atoms with Crippen molar-refractivity contribution in [2.45, 2.75) is 11.7 Å². The van der Waals surface area contributed by atoms with E-state index in [0.717, 1.165) is 17.0 Å². The Labute approximate surface area is 136 Å². The van der Waals surface area contributed by atoms with Gasteiger partial charge in [0.2, 0.25) is 5.91 Å². The number of halogens is 1. The Kier molecular flexibility index (Phi) is 4.47. The number of thioether (sulfide) groups is 1. The first-order valence-corrected chi connectivity index (χ1v) is 7.87. The molecule has 1 amide bonds. The zero-order valence-corrected chi connectivity index (χ0v) is 12.9. The SMILES string of the molecule is NC(=O)CSc1ncc(-c2ccc(F)cc2)n1Cc1ccco1. The highest BCUT2D eigenvalue weighted by atomic mass is 32.2. The molecule has 2 aromatic heterocycles. The van der Waals surface area contributed by atoms with Crippen LogP contribution >= 0.6 is 11.8 Å². The number of nitrogens with two attached hydrogens (primary N) is 1. The van der Waals surface area contributed by atoms with Gasteiger partial charge < -0.3 is 14.7 Å². The van der Waals surface area contributed by atoms with E-state index in [-0.39, 0.29) is 11.6 Å². The molecule has 2 heterocycles. The second-order valence-corrected chi connectivity index (χ2v) is 5.80. The number of hydrogen-bond donors (Lipinski definition) is 1. The second-order valence-electron chi connectivity index (χ2n) is 4.85. The summed E-state index contributed by atoms with van der Waals surface area (Å²) in [6.45, 7) is 0.459. The maximum Gasteiger partial charge on any atom is 0.227 e. The minimum Gasteiger partial charge on any atom is -0.467 e. The van der Waals surface area contributed by atoms with Gasteiger partial charge in [-0.15, -0.1) is 0 Å². The second kappa shape index (κ2) is 6.70. The van der Waals surface area contributed by atoms with Crippen molar-refractivity contribution in [2.24, 2.45) is 5.73 Å². The highest BCUT2D eigenvalue weighted by Crippen LogP contribution is 2.27. The lowest BCUT2D eigenvalue weighted by Gasteiger charge is -2.10. The van der Waals surface area contributed by atoms with E-state index >= 15 is 0 Å². The molecule has 1 aromatic carbocycles. The van der Waals surface area contributed by atoms with Gasteiger partial charge in [-0.3, -0.25) is 4.79 Å². The van der Waals surface area contributed by atoms with Crippen LogP contribution in [0.3, 0.4) is 0 Å². The first-order chi connectivity index (χ1) is 11.1. The van der Waals surface area contributed by atoms with Crippen molar-refractivity contribution in [1.82, 2.24) is 9.55 Å². The minimum atomic E-state index is -0.411. The van der Waals surface area contributed by atoms with E-state index in [1.807, 2.05) is 10.6 Å². The van der Waals surface area contributed by atoms with Gasteiger partial charge in [-0.25, -0.2) is 9.37 Å². The first kappa shape index (κ1) is 15.4. The third-order valence-electron chi connectivity index (χ3n) is 3.20. The number of benzene rings is 1. The van der Waals surface area contributed by atoms with Crippen LogP contribution in [-0.2, 0) is 11.3 Å². The van der Waals surface area contributed by atoms with E-state index in [4.69, 9.17) is 10.2 Å². The molecule has 7 heteroatoms. The normalized spacial score (nSPS) is 10.8. The molecule has 2 N–H and O–H groups in total. The molecule has 3 aromatic rings. The maximum atomic E-state index is 13.1. The summed E-state index contributed by atoms with van der Waals surface area (Å²) in [6, 6.07) is 9.84. The van der Waals surface area contributed by atoms with Crippen LogP contribution < -0.4 is 5.73 Å². The van der Waals surface area contributed by atoms with E-state index in [2.05, 4.69) is 4.98 Å². The average Bonchev–Trinajstić information content (AvgIpc) is 3.17. The van der Waals surface area contributed by atoms with Gasteiger partial charge in [-0.2, -0.15) is 0 Å². The summed E-state index contributed by atoms with van der Waals surface area (Å²) in [5, 5.41) is 0.652. The van der Waals surface area contributed by atoms with Crippen LogP contribution in [0, 0.1) is 5.82 Å². The molecule has 0 bridgehead atoms. The molecule has 0 saturated carbocycles. The van der Waals surface area contributed by atoms with Gasteiger partial charge in [-0.05, 0) is 42.0 Å². The van der Waals surface area contributed by atoms with Gasteiger partial charge in [0, 0.05) is 0 Å². The van der Waals surface area contributed by atoms with Crippen LogP contribution in [-0.4, -0.2) is 21.2 Å². The number of carbonyl (C=O) groups is 1. The van der Waals surface area contributed by atoms with Crippen molar-refractivity contribution in [3.05, 3.63) is 60.4 Å². The number of nitrogens with zero attached hydrogens (tertiary/aromatic N) is 2. The fourth-order valence-corrected chi connectivity index (χ4v) is 2.89. The highest BCUT2D eigenvalue weighted by Gasteiger charge is 2.14. The monoisotopic (exact) mass is 331 g/mol. The molecule has 0 atom stereocenters. The number of furan rings is 1. The summed E-state index contributed by atoms with van der Waals surface area (Å²) in [4.78, 5) is 15.4. The smallest absolute Gasteiger partial charge is 0.227 e. The van der Waals surface area contributed by atoms with Gasteiger partial charge in [0.05, 0.1) is 30.5 Å². The summed E-state index contributed by atoms with van der Waals surface area (Å²) < 4.78 is 20.4. The Morgan fingerprint density at radius 2 is 2.09 bits per heavy atom. The van der Waals surface area contributed by atoms with Crippen LogP contribution in [0.25, 0.3) is 11.3 Å².